The van der Waals surface area contributed by atoms with Crippen LogP contribution >= 0.6 is 0 Å². The lowest BCUT2D eigenvalue weighted by atomic mass is 10.2. The van der Waals surface area contributed by atoms with Gasteiger partial charge in [0.1, 0.15) is 40.8 Å². The number of carbonyl (C=O) groups excluding carboxylic acids is 4. The fourth-order valence-corrected chi connectivity index (χ4v) is 5.15. The molecule has 0 saturated carbocycles. The number of benzene rings is 2. The van der Waals surface area contributed by atoms with Crippen LogP contribution in [0.15, 0.2) is 83.9 Å². The molecular formula is C36H36N6O11. The van der Waals surface area contributed by atoms with E-state index in [-0.39, 0.29) is 23.6 Å². The number of aromatic nitrogens is 4. The molecule has 0 fully saturated rings. The van der Waals surface area contributed by atoms with E-state index in [2.05, 4.69) is 20.0 Å². The molecule has 5 N–H and O–H groups in total. The zero-order valence-corrected chi connectivity index (χ0v) is 29.0. The van der Waals surface area contributed by atoms with Gasteiger partial charge >= 0.3 is 17.9 Å². The summed E-state index contributed by atoms with van der Waals surface area (Å²) in [4.78, 5) is 72.2. The maximum absolute atomic E-state index is 13.8. The molecule has 1 amide bonds. The molecule has 17 heteroatoms. The van der Waals surface area contributed by atoms with Crippen LogP contribution in [0.1, 0.15) is 29.9 Å². The Balaban J connectivity index is 1.33. The van der Waals surface area contributed by atoms with E-state index in [4.69, 9.17) is 19.9 Å². The molecular weight excluding hydrogens is 692 g/mol. The number of amides is 1. The van der Waals surface area contributed by atoms with Crippen LogP contribution in [0.2, 0.25) is 0 Å². The number of esters is 3. The Morgan fingerprint density at radius 3 is 2.26 bits per heavy atom. The second-order valence-electron chi connectivity index (χ2n) is 11.8. The minimum absolute atomic E-state index is 0.125. The van der Waals surface area contributed by atoms with Crippen LogP contribution in [-0.4, -0.2) is 84.8 Å². The molecule has 0 bridgehead atoms. The lowest BCUT2D eigenvalue weighted by Crippen LogP contribution is -2.44. The molecule has 5 aromatic rings. The van der Waals surface area contributed by atoms with Gasteiger partial charge in [-0.15, -0.1) is 0 Å². The van der Waals surface area contributed by atoms with Crippen LogP contribution in [0.5, 0.6) is 17.2 Å². The van der Waals surface area contributed by atoms with Crippen LogP contribution in [0.25, 0.3) is 16.6 Å². The molecule has 4 atom stereocenters. The summed E-state index contributed by atoms with van der Waals surface area (Å²) in [5, 5.41) is 23.6. The van der Waals surface area contributed by atoms with Gasteiger partial charge in [-0.05, 0) is 63.2 Å². The van der Waals surface area contributed by atoms with Gasteiger partial charge < -0.3 is 40.2 Å². The minimum Gasteiger partial charge on any atom is -0.497 e. The first kappa shape index (κ1) is 37.8. The first-order valence-electron chi connectivity index (χ1n) is 16.1. The molecule has 0 saturated heterocycles. The Labute approximate surface area is 301 Å². The van der Waals surface area contributed by atoms with Crippen LogP contribution in [0.3, 0.4) is 0 Å². The molecule has 0 aliphatic carbocycles. The van der Waals surface area contributed by atoms with E-state index in [1.807, 2.05) is 6.07 Å². The maximum atomic E-state index is 13.8. The second-order valence-corrected chi connectivity index (χ2v) is 11.8. The molecule has 276 valence electrons. The number of para-hydroxylation sites is 1. The lowest BCUT2D eigenvalue weighted by Gasteiger charge is -2.21. The first-order chi connectivity index (χ1) is 25.3. The number of carbonyl (C=O) groups is 4. The van der Waals surface area contributed by atoms with Crippen molar-refractivity contribution < 1.29 is 48.3 Å². The van der Waals surface area contributed by atoms with Gasteiger partial charge in [0, 0.05) is 17.6 Å². The van der Waals surface area contributed by atoms with Crippen LogP contribution in [0, 0.1) is 6.92 Å². The van der Waals surface area contributed by atoms with Crippen molar-refractivity contribution in [2.24, 2.45) is 5.73 Å². The number of hydrogen-bond acceptors (Lipinski definition) is 14. The van der Waals surface area contributed by atoms with Crippen molar-refractivity contribution in [2.45, 2.75) is 51.7 Å². The molecule has 0 radical (unpaired) electrons. The molecule has 0 aliphatic heterocycles. The third kappa shape index (κ3) is 8.55. The van der Waals surface area contributed by atoms with E-state index in [1.54, 1.807) is 67.9 Å². The number of anilines is 1. The molecule has 1 unspecified atom stereocenters. The average Bonchev–Trinajstić information content (AvgIpc) is 3.39. The lowest BCUT2D eigenvalue weighted by molar-refractivity contribution is -0.180. The predicted molar refractivity (Wildman–Crippen MR) is 188 cm³/mol. The van der Waals surface area contributed by atoms with Crippen molar-refractivity contribution in [1.82, 2.24) is 19.3 Å². The van der Waals surface area contributed by atoms with Gasteiger partial charge in [0.05, 0.1) is 36.7 Å². The van der Waals surface area contributed by atoms with Crippen molar-refractivity contribution in [3.63, 3.8) is 0 Å². The van der Waals surface area contributed by atoms with Crippen molar-refractivity contribution >= 4 is 40.5 Å². The summed E-state index contributed by atoms with van der Waals surface area (Å²) in [6.07, 6.45) is -2.94. The standard InChI is InChI=1S/C36H36N6O11/c1-19(51-35(48)30(43)31(44)36(49)53-34(47)20(2)37)18-41-21(3)29(33(46)42(41)22-8-6-5-7-9-22)32(45)40-28-13-11-24(17-39-28)52-27-14-15-38-26-16-23(50-4)10-12-25(26)27/h5-17,19-20,30-31,43-44H,18,37H2,1-4H3,(H,39,40,45)/t19-,20?,30+,31+/m1/s1. The number of nitrogens with two attached hydrogens (primary N) is 1. The van der Waals surface area contributed by atoms with E-state index in [0.29, 0.717) is 28.5 Å². The summed E-state index contributed by atoms with van der Waals surface area (Å²) in [5.41, 5.74) is 5.64. The van der Waals surface area contributed by atoms with E-state index in [9.17, 15) is 34.2 Å². The van der Waals surface area contributed by atoms with Gasteiger partial charge in [0.2, 0.25) is 0 Å². The van der Waals surface area contributed by atoms with Gasteiger partial charge in [-0.25, -0.2) is 24.0 Å². The van der Waals surface area contributed by atoms with E-state index >= 15 is 0 Å². The highest BCUT2D eigenvalue weighted by molar-refractivity contribution is 6.04. The molecule has 17 nitrogen and oxygen atoms in total. The average molecular weight is 729 g/mol. The van der Waals surface area contributed by atoms with Gasteiger partial charge in [-0.1, -0.05) is 18.2 Å². The van der Waals surface area contributed by atoms with E-state index in [0.717, 1.165) is 5.39 Å². The molecule has 0 aliphatic rings. The third-order valence-electron chi connectivity index (χ3n) is 7.84. The molecule has 5 rings (SSSR count). The molecule has 53 heavy (non-hydrogen) atoms. The predicted octanol–water partition coefficient (Wildman–Crippen LogP) is 2.01. The molecule has 0 spiro atoms. The highest BCUT2D eigenvalue weighted by Gasteiger charge is 2.36. The fourth-order valence-electron chi connectivity index (χ4n) is 5.15. The fraction of sp³-hybridized carbons (Fsp3) is 0.250. The zero-order chi connectivity index (χ0) is 38.4. The van der Waals surface area contributed by atoms with Crippen molar-refractivity contribution in [3.05, 3.63) is 101 Å². The molecule has 3 aromatic heterocycles. The monoisotopic (exact) mass is 728 g/mol. The van der Waals surface area contributed by atoms with Gasteiger partial charge in [0.15, 0.2) is 12.2 Å². The first-order valence-corrected chi connectivity index (χ1v) is 16.1. The van der Waals surface area contributed by atoms with Crippen molar-refractivity contribution in [1.29, 1.82) is 0 Å². The Morgan fingerprint density at radius 1 is 0.906 bits per heavy atom. The number of aliphatic hydroxyl groups excluding tert-OH is 2. The maximum Gasteiger partial charge on any atom is 0.346 e. The summed E-state index contributed by atoms with van der Waals surface area (Å²) in [6.45, 7) is 3.96. The van der Waals surface area contributed by atoms with Gasteiger partial charge in [-0.3, -0.25) is 19.3 Å². The number of nitrogens with zero attached hydrogens (tertiary/aromatic N) is 4. The second kappa shape index (κ2) is 16.3. The van der Waals surface area contributed by atoms with Crippen LogP contribution in [0.4, 0.5) is 5.82 Å². The number of ether oxygens (including phenoxy) is 4. The quantitative estimate of drug-likeness (QED) is 0.100. The van der Waals surface area contributed by atoms with Crippen molar-refractivity contribution in [2.75, 3.05) is 12.4 Å². The smallest absolute Gasteiger partial charge is 0.346 e. The van der Waals surface area contributed by atoms with E-state index < -0.39 is 53.7 Å². The molecule has 2 aromatic carbocycles. The number of hydrogen-bond donors (Lipinski definition) is 4. The Bertz CT molecular complexity index is 2200. The SMILES string of the molecule is COc1ccc2c(Oc3ccc(NC(=O)c4c(C)n(C[C@@H](C)OC(=O)[C@@H](O)[C@H](O)C(=O)OC(=O)C(C)N)n(-c5ccccc5)c4=O)nc3)ccnc2c1. The number of fused-ring (bicyclic) bond motifs is 1. The van der Waals surface area contributed by atoms with Crippen LogP contribution < -0.4 is 26.1 Å². The number of pyridine rings is 2. The summed E-state index contributed by atoms with van der Waals surface area (Å²) >= 11 is 0. The van der Waals surface area contributed by atoms with Gasteiger partial charge in [-0.2, -0.15) is 0 Å². The molecule has 3 heterocycles. The van der Waals surface area contributed by atoms with Crippen LogP contribution in [-0.2, 0) is 30.4 Å². The third-order valence-corrected chi connectivity index (χ3v) is 7.84. The number of rotatable bonds is 13. The minimum atomic E-state index is -2.45. The normalized spacial score (nSPS) is 13.3. The summed E-state index contributed by atoms with van der Waals surface area (Å²) < 4.78 is 23.5. The Morgan fingerprint density at radius 2 is 1.60 bits per heavy atom. The summed E-state index contributed by atoms with van der Waals surface area (Å²) in [5.74, 6) is -3.29. The van der Waals surface area contributed by atoms with Gasteiger partial charge in [0.25, 0.3) is 11.5 Å². The topological polar surface area (TPSA) is 236 Å². The Hall–Kier alpha value is -6.43. The highest BCUT2D eigenvalue weighted by atomic mass is 16.6. The number of aliphatic hydroxyl groups is 2. The summed E-state index contributed by atoms with van der Waals surface area (Å²) in [6, 6.07) is 17.4. The zero-order valence-electron chi connectivity index (χ0n) is 29.0. The van der Waals surface area contributed by atoms with Crippen molar-refractivity contribution in [3.8, 4) is 22.9 Å². The number of methoxy groups -OCH3 is 1. The van der Waals surface area contributed by atoms with E-state index in [1.165, 1.54) is 42.4 Å². The largest absolute Gasteiger partial charge is 0.497 e. The summed E-state index contributed by atoms with van der Waals surface area (Å²) in [7, 11) is 1.56. The number of nitrogens with one attached hydrogen (secondary N) is 1. The highest BCUT2D eigenvalue weighted by Crippen LogP contribution is 2.31. The Kier molecular flexibility index (Phi) is 11.6.